The summed E-state index contributed by atoms with van der Waals surface area (Å²) in [4.78, 5) is 15.0. The van der Waals surface area contributed by atoms with Gasteiger partial charge >= 0.3 is 5.97 Å². The van der Waals surface area contributed by atoms with Crippen molar-refractivity contribution in [3.05, 3.63) is 23.0 Å². The summed E-state index contributed by atoms with van der Waals surface area (Å²) in [5.74, 6) is 0.428. The van der Waals surface area contributed by atoms with E-state index in [1.807, 2.05) is 25.1 Å². The SMILES string of the molecule is CCOC(=O)C(C)n1c(=S)[nH]c2c(OCC)cccc21. The number of hydrogen-bond donors (Lipinski definition) is 1. The summed E-state index contributed by atoms with van der Waals surface area (Å²) < 4.78 is 12.9. The molecule has 2 aromatic rings. The molecule has 1 atom stereocenters. The van der Waals surface area contributed by atoms with Gasteiger partial charge in [-0.2, -0.15) is 0 Å². The number of hydrogen-bond acceptors (Lipinski definition) is 4. The van der Waals surface area contributed by atoms with E-state index >= 15 is 0 Å². The van der Waals surface area contributed by atoms with Gasteiger partial charge in [0.05, 0.1) is 18.7 Å². The van der Waals surface area contributed by atoms with Crippen molar-refractivity contribution < 1.29 is 14.3 Å². The molecule has 0 saturated carbocycles. The summed E-state index contributed by atoms with van der Waals surface area (Å²) in [7, 11) is 0. The molecule has 1 aromatic carbocycles. The highest BCUT2D eigenvalue weighted by Crippen LogP contribution is 2.27. The lowest BCUT2D eigenvalue weighted by molar-refractivity contribution is -0.146. The first-order chi connectivity index (χ1) is 9.60. The van der Waals surface area contributed by atoms with Crippen molar-refractivity contribution >= 4 is 29.2 Å². The molecule has 20 heavy (non-hydrogen) atoms. The highest BCUT2D eigenvalue weighted by atomic mass is 32.1. The molecule has 1 unspecified atom stereocenters. The van der Waals surface area contributed by atoms with Crippen LogP contribution in [0, 0.1) is 4.77 Å². The van der Waals surface area contributed by atoms with Crippen LogP contribution in [0.15, 0.2) is 18.2 Å². The average Bonchev–Trinajstić information content (AvgIpc) is 2.76. The van der Waals surface area contributed by atoms with Crippen LogP contribution < -0.4 is 4.74 Å². The number of carbonyl (C=O) groups is 1. The van der Waals surface area contributed by atoms with Crippen LogP contribution in [0.4, 0.5) is 0 Å². The van der Waals surface area contributed by atoms with Gasteiger partial charge in [-0.05, 0) is 45.1 Å². The molecule has 1 N–H and O–H groups in total. The molecule has 1 heterocycles. The van der Waals surface area contributed by atoms with Crippen molar-refractivity contribution in [2.45, 2.75) is 26.8 Å². The molecule has 1 aromatic heterocycles. The van der Waals surface area contributed by atoms with E-state index < -0.39 is 6.04 Å². The quantitative estimate of drug-likeness (QED) is 0.679. The first kappa shape index (κ1) is 14.6. The van der Waals surface area contributed by atoms with Gasteiger partial charge in [-0.1, -0.05) is 6.07 Å². The molecule has 2 rings (SSSR count). The predicted octanol–water partition coefficient (Wildman–Crippen LogP) is 3.22. The number of ether oxygens (including phenoxy) is 2. The van der Waals surface area contributed by atoms with Gasteiger partial charge in [-0.15, -0.1) is 0 Å². The molecule has 0 saturated heterocycles. The molecule has 0 amide bonds. The summed E-state index contributed by atoms with van der Waals surface area (Å²) in [5.41, 5.74) is 1.64. The Kier molecular flexibility index (Phi) is 4.44. The fraction of sp³-hybridized carbons (Fsp3) is 0.429. The van der Waals surface area contributed by atoms with E-state index in [9.17, 15) is 4.79 Å². The normalized spacial score (nSPS) is 12.3. The van der Waals surface area contributed by atoms with Gasteiger partial charge in [0.2, 0.25) is 0 Å². The number of aromatic nitrogens is 2. The van der Waals surface area contributed by atoms with Gasteiger partial charge in [0, 0.05) is 0 Å². The molecular formula is C14H18N2O3S. The van der Waals surface area contributed by atoms with E-state index in [2.05, 4.69) is 4.98 Å². The molecule has 0 bridgehead atoms. The van der Waals surface area contributed by atoms with Crippen molar-refractivity contribution in [3.63, 3.8) is 0 Å². The van der Waals surface area contributed by atoms with Crippen molar-refractivity contribution in [2.24, 2.45) is 0 Å². The number of fused-ring (bicyclic) bond motifs is 1. The Morgan fingerprint density at radius 3 is 2.80 bits per heavy atom. The van der Waals surface area contributed by atoms with Crippen LogP contribution in [0.1, 0.15) is 26.8 Å². The second-order valence-electron chi connectivity index (χ2n) is 4.31. The maximum atomic E-state index is 11.9. The highest BCUT2D eigenvalue weighted by Gasteiger charge is 2.20. The van der Waals surface area contributed by atoms with Crippen LogP contribution in [-0.2, 0) is 9.53 Å². The predicted molar refractivity (Wildman–Crippen MR) is 79.6 cm³/mol. The monoisotopic (exact) mass is 294 g/mol. The Hall–Kier alpha value is -1.82. The first-order valence-corrected chi connectivity index (χ1v) is 7.03. The third-order valence-electron chi connectivity index (χ3n) is 3.03. The minimum atomic E-state index is -0.479. The molecule has 6 heteroatoms. The fourth-order valence-corrected chi connectivity index (χ4v) is 2.51. The Morgan fingerprint density at radius 1 is 1.40 bits per heavy atom. The Labute approximate surface area is 122 Å². The van der Waals surface area contributed by atoms with Crippen molar-refractivity contribution in [1.29, 1.82) is 0 Å². The number of carbonyl (C=O) groups excluding carboxylic acids is 1. The van der Waals surface area contributed by atoms with E-state index in [-0.39, 0.29) is 5.97 Å². The third-order valence-corrected chi connectivity index (χ3v) is 3.33. The minimum Gasteiger partial charge on any atom is -0.492 e. The lowest BCUT2D eigenvalue weighted by Crippen LogP contribution is -2.19. The molecule has 0 aliphatic rings. The lowest BCUT2D eigenvalue weighted by Gasteiger charge is -2.13. The maximum Gasteiger partial charge on any atom is 0.328 e. The van der Waals surface area contributed by atoms with Crippen LogP contribution in [0.25, 0.3) is 11.0 Å². The van der Waals surface area contributed by atoms with Crippen LogP contribution >= 0.6 is 12.2 Å². The number of imidazole rings is 1. The summed E-state index contributed by atoms with van der Waals surface area (Å²) in [5, 5.41) is 0. The third kappa shape index (κ3) is 2.56. The lowest BCUT2D eigenvalue weighted by atomic mass is 10.2. The molecule has 0 fully saturated rings. The summed E-state index contributed by atoms with van der Waals surface area (Å²) in [6.45, 7) is 6.40. The number of rotatable bonds is 5. The van der Waals surface area contributed by atoms with Crippen molar-refractivity contribution in [1.82, 2.24) is 9.55 Å². The van der Waals surface area contributed by atoms with Crippen LogP contribution in [-0.4, -0.2) is 28.7 Å². The molecular weight excluding hydrogens is 276 g/mol. The summed E-state index contributed by atoms with van der Waals surface area (Å²) in [6.07, 6.45) is 0. The first-order valence-electron chi connectivity index (χ1n) is 6.62. The zero-order valence-corrected chi connectivity index (χ0v) is 12.6. The van der Waals surface area contributed by atoms with Crippen molar-refractivity contribution in [2.75, 3.05) is 13.2 Å². The van der Waals surface area contributed by atoms with Crippen molar-refractivity contribution in [3.8, 4) is 5.75 Å². The molecule has 0 radical (unpaired) electrons. The zero-order chi connectivity index (χ0) is 14.7. The topological polar surface area (TPSA) is 56.2 Å². The van der Waals surface area contributed by atoms with Gasteiger partial charge in [0.25, 0.3) is 0 Å². The number of para-hydroxylation sites is 1. The van der Waals surface area contributed by atoms with Crippen LogP contribution in [0.2, 0.25) is 0 Å². The fourth-order valence-electron chi connectivity index (χ4n) is 2.15. The molecule has 0 spiro atoms. The van der Waals surface area contributed by atoms with Gasteiger partial charge in [-0.25, -0.2) is 4.79 Å². The maximum absolute atomic E-state index is 11.9. The second-order valence-corrected chi connectivity index (χ2v) is 4.70. The van der Waals surface area contributed by atoms with E-state index in [1.54, 1.807) is 18.4 Å². The highest BCUT2D eigenvalue weighted by molar-refractivity contribution is 7.71. The van der Waals surface area contributed by atoms with Crippen LogP contribution in [0.5, 0.6) is 5.75 Å². The molecule has 108 valence electrons. The second kappa shape index (κ2) is 6.09. The smallest absolute Gasteiger partial charge is 0.328 e. The standard InChI is InChI=1S/C14H18N2O3S/c1-4-18-11-8-6-7-10-12(11)15-14(20)16(10)9(3)13(17)19-5-2/h6-9H,4-5H2,1-3H3,(H,15,20). The van der Waals surface area contributed by atoms with Gasteiger partial charge in [0.1, 0.15) is 17.3 Å². The zero-order valence-electron chi connectivity index (χ0n) is 11.8. The van der Waals surface area contributed by atoms with Gasteiger partial charge in [0.15, 0.2) is 4.77 Å². The Bertz CT molecular complexity index is 675. The number of H-pyrrole nitrogens is 1. The average molecular weight is 294 g/mol. The molecule has 5 nitrogen and oxygen atoms in total. The van der Waals surface area contributed by atoms with Gasteiger partial charge in [-0.3, -0.25) is 0 Å². The number of nitrogens with zero attached hydrogens (tertiary/aromatic N) is 1. The summed E-state index contributed by atoms with van der Waals surface area (Å²) >= 11 is 5.32. The van der Waals surface area contributed by atoms with E-state index in [1.165, 1.54) is 0 Å². The number of benzene rings is 1. The minimum absolute atomic E-state index is 0.300. The molecule has 0 aliphatic carbocycles. The van der Waals surface area contributed by atoms with Gasteiger partial charge < -0.3 is 19.0 Å². The number of nitrogens with one attached hydrogen (secondary N) is 1. The largest absolute Gasteiger partial charge is 0.492 e. The van der Waals surface area contributed by atoms with E-state index in [0.717, 1.165) is 16.8 Å². The van der Waals surface area contributed by atoms with Crippen LogP contribution in [0.3, 0.4) is 0 Å². The Balaban J connectivity index is 2.54. The van der Waals surface area contributed by atoms with E-state index in [0.29, 0.717) is 18.0 Å². The number of aromatic amines is 1. The molecule has 0 aliphatic heterocycles. The van der Waals surface area contributed by atoms with E-state index in [4.69, 9.17) is 21.7 Å². The number of esters is 1. The summed E-state index contributed by atoms with van der Waals surface area (Å²) in [6, 6.07) is 5.17. The Morgan fingerprint density at radius 2 is 2.15 bits per heavy atom.